The summed E-state index contributed by atoms with van der Waals surface area (Å²) >= 11 is 0. The van der Waals surface area contributed by atoms with Crippen LogP contribution >= 0.6 is 0 Å². The lowest BCUT2D eigenvalue weighted by molar-refractivity contribution is 0.567. The number of para-hydroxylation sites is 1. The number of hydrogen-bond donors (Lipinski definition) is 1. The number of aromatic amines is 1. The van der Waals surface area contributed by atoms with Crippen LogP contribution in [0.3, 0.4) is 0 Å². The van der Waals surface area contributed by atoms with Gasteiger partial charge in [-0.25, -0.2) is 4.79 Å². The number of rotatable bonds is 0. The maximum absolute atomic E-state index is 12.0. The van der Waals surface area contributed by atoms with E-state index in [2.05, 4.69) is 4.98 Å². The molecule has 0 bridgehead atoms. The fourth-order valence-electron chi connectivity index (χ4n) is 2.02. The Morgan fingerprint density at radius 2 is 1.94 bits per heavy atom. The fourth-order valence-corrected chi connectivity index (χ4v) is 2.02. The average molecular weight is 227 g/mol. The third kappa shape index (κ3) is 1.38. The van der Waals surface area contributed by atoms with Crippen molar-refractivity contribution < 1.29 is 4.42 Å². The van der Waals surface area contributed by atoms with E-state index in [1.165, 1.54) is 6.07 Å². The van der Waals surface area contributed by atoms with Gasteiger partial charge in [0.25, 0.3) is 0 Å². The molecular weight excluding hydrogens is 218 g/mol. The van der Waals surface area contributed by atoms with E-state index < -0.39 is 5.63 Å². The van der Waals surface area contributed by atoms with Crippen molar-refractivity contribution in [3.05, 3.63) is 56.7 Å². The third-order valence-electron chi connectivity index (χ3n) is 2.73. The molecule has 0 fully saturated rings. The van der Waals surface area contributed by atoms with Crippen molar-refractivity contribution in [3.63, 3.8) is 0 Å². The molecule has 1 N–H and O–H groups in total. The molecule has 3 aromatic rings. The van der Waals surface area contributed by atoms with Crippen LogP contribution in [0.5, 0.6) is 0 Å². The molecule has 0 aliphatic rings. The van der Waals surface area contributed by atoms with Gasteiger partial charge >= 0.3 is 5.63 Å². The molecule has 3 rings (SSSR count). The highest BCUT2D eigenvalue weighted by molar-refractivity contribution is 6.02. The second kappa shape index (κ2) is 3.31. The van der Waals surface area contributed by atoms with Crippen molar-refractivity contribution >= 4 is 21.9 Å². The summed E-state index contributed by atoms with van der Waals surface area (Å²) < 4.78 is 5.16. The van der Waals surface area contributed by atoms with Crippen LogP contribution in [-0.2, 0) is 0 Å². The molecule has 0 radical (unpaired) electrons. The Morgan fingerprint density at radius 3 is 2.76 bits per heavy atom. The minimum absolute atomic E-state index is 0.166. The summed E-state index contributed by atoms with van der Waals surface area (Å²) in [7, 11) is 0. The number of aryl methyl sites for hydroxylation is 1. The highest BCUT2D eigenvalue weighted by Crippen LogP contribution is 2.18. The van der Waals surface area contributed by atoms with Crippen molar-refractivity contribution in [1.82, 2.24) is 4.98 Å². The molecule has 0 aliphatic carbocycles. The zero-order valence-corrected chi connectivity index (χ0v) is 9.11. The van der Waals surface area contributed by atoms with Crippen LogP contribution in [0.25, 0.3) is 21.9 Å². The average Bonchev–Trinajstić information content (AvgIpc) is 2.29. The highest BCUT2D eigenvalue weighted by atomic mass is 16.4. The van der Waals surface area contributed by atoms with Gasteiger partial charge in [0.15, 0.2) is 5.43 Å². The molecule has 0 spiro atoms. The van der Waals surface area contributed by atoms with Crippen molar-refractivity contribution in [2.45, 2.75) is 6.92 Å². The molecule has 0 aliphatic heterocycles. The van der Waals surface area contributed by atoms with Gasteiger partial charge in [-0.3, -0.25) is 4.79 Å². The van der Waals surface area contributed by atoms with Gasteiger partial charge in [-0.2, -0.15) is 0 Å². The van der Waals surface area contributed by atoms with E-state index in [9.17, 15) is 9.59 Å². The summed E-state index contributed by atoms with van der Waals surface area (Å²) in [5, 5.41) is 1.05. The van der Waals surface area contributed by atoms with Crippen LogP contribution in [-0.4, -0.2) is 4.98 Å². The Hall–Kier alpha value is -2.36. The third-order valence-corrected chi connectivity index (χ3v) is 2.73. The minimum Gasteiger partial charge on any atom is -0.421 e. The molecule has 0 atom stereocenters. The Labute approximate surface area is 95.5 Å². The smallest absolute Gasteiger partial charge is 0.360 e. The largest absolute Gasteiger partial charge is 0.421 e. The first-order valence-corrected chi connectivity index (χ1v) is 5.22. The van der Waals surface area contributed by atoms with Crippen LogP contribution in [0.15, 0.2) is 44.3 Å². The van der Waals surface area contributed by atoms with Gasteiger partial charge in [-0.05, 0) is 13.0 Å². The van der Waals surface area contributed by atoms with Crippen LogP contribution in [0.4, 0.5) is 0 Å². The Bertz CT molecular complexity index is 843. The standard InChI is InChI=1S/C13H9NO3/c1-7-6-9(15)11-8-4-2-3-5-10(8)17-13(16)12(11)14-7/h2-6H,1H3,(H,14,15). The summed E-state index contributed by atoms with van der Waals surface area (Å²) in [5.41, 5.74) is 0.623. The number of benzene rings is 1. The number of hydrogen-bond acceptors (Lipinski definition) is 3. The van der Waals surface area contributed by atoms with Crippen molar-refractivity contribution in [2.75, 3.05) is 0 Å². The first kappa shape index (κ1) is 9.84. The molecule has 1 aromatic carbocycles. The topological polar surface area (TPSA) is 63.1 Å². The predicted molar refractivity (Wildman–Crippen MR) is 65.3 cm³/mol. The van der Waals surface area contributed by atoms with Crippen molar-refractivity contribution in [2.24, 2.45) is 0 Å². The normalized spacial score (nSPS) is 11.1. The lowest BCUT2D eigenvalue weighted by Crippen LogP contribution is -2.11. The Morgan fingerprint density at radius 1 is 1.18 bits per heavy atom. The monoisotopic (exact) mass is 227 g/mol. The fraction of sp³-hybridized carbons (Fsp3) is 0.0769. The quantitative estimate of drug-likeness (QED) is 0.471. The molecular formula is C13H9NO3. The first-order chi connectivity index (χ1) is 8.16. The molecule has 2 heterocycles. The van der Waals surface area contributed by atoms with Gasteiger partial charge in [0.2, 0.25) is 0 Å². The zero-order valence-electron chi connectivity index (χ0n) is 9.11. The second-order valence-corrected chi connectivity index (χ2v) is 3.95. The number of fused-ring (bicyclic) bond motifs is 3. The van der Waals surface area contributed by atoms with E-state index in [4.69, 9.17) is 4.42 Å². The Balaban J connectivity index is 2.75. The van der Waals surface area contributed by atoms with E-state index >= 15 is 0 Å². The summed E-state index contributed by atoms with van der Waals surface area (Å²) in [6.45, 7) is 1.73. The number of pyridine rings is 1. The molecule has 0 saturated heterocycles. The maximum Gasteiger partial charge on any atom is 0.360 e. The number of nitrogens with one attached hydrogen (secondary N) is 1. The lowest BCUT2D eigenvalue weighted by Gasteiger charge is -2.02. The van der Waals surface area contributed by atoms with E-state index in [-0.39, 0.29) is 10.9 Å². The lowest BCUT2D eigenvalue weighted by atomic mass is 10.1. The van der Waals surface area contributed by atoms with Gasteiger partial charge in [0.1, 0.15) is 11.1 Å². The SMILES string of the molecule is Cc1cc(=O)c2c([nH]1)c(=O)oc1ccccc12. The molecule has 17 heavy (non-hydrogen) atoms. The van der Waals surface area contributed by atoms with Gasteiger partial charge in [-0.15, -0.1) is 0 Å². The maximum atomic E-state index is 12.0. The van der Waals surface area contributed by atoms with Gasteiger partial charge < -0.3 is 9.40 Å². The summed E-state index contributed by atoms with van der Waals surface area (Å²) in [6.07, 6.45) is 0. The van der Waals surface area contributed by atoms with Crippen LogP contribution in [0.2, 0.25) is 0 Å². The molecule has 0 amide bonds. The minimum atomic E-state index is -0.514. The van der Waals surface area contributed by atoms with Crippen molar-refractivity contribution in [3.8, 4) is 0 Å². The molecule has 84 valence electrons. The summed E-state index contributed by atoms with van der Waals surface area (Å²) in [4.78, 5) is 26.6. The Kier molecular flexibility index (Phi) is 1.92. The predicted octanol–water partition coefficient (Wildman–Crippen LogP) is 1.94. The first-order valence-electron chi connectivity index (χ1n) is 5.22. The molecule has 4 heteroatoms. The molecule has 4 nitrogen and oxygen atoms in total. The second-order valence-electron chi connectivity index (χ2n) is 3.95. The molecule has 2 aromatic heterocycles. The van der Waals surface area contributed by atoms with Crippen LogP contribution < -0.4 is 11.1 Å². The highest BCUT2D eigenvalue weighted by Gasteiger charge is 2.10. The zero-order chi connectivity index (χ0) is 12.0. The molecule has 0 saturated carbocycles. The van der Waals surface area contributed by atoms with E-state index in [1.54, 1.807) is 31.2 Å². The van der Waals surface area contributed by atoms with Gasteiger partial charge in [0, 0.05) is 17.1 Å². The number of aromatic nitrogens is 1. The summed E-state index contributed by atoms with van der Waals surface area (Å²) in [5.74, 6) is 0. The van der Waals surface area contributed by atoms with E-state index in [1.807, 2.05) is 0 Å². The van der Waals surface area contributed by atoms with E-state index in [0.717, 1.165) is 0 Å². The van der Waals surface area contributed by atoms with Crippen molar-refractivity contribution in [1.29, 1.82) is 0 Å². The summed E-state index contributed by atoms with van der Waals surface area (Å²) in [6, 6.07) is 8.50. The van der Waals surface area contributed by atoms with Crippen LogP contribution in [0, 0.1) is 6.92 Å². The number of H-pyrrole nitrogens is 1. The van der Waals surface area contributed by atoms with Gasteiger partial charge in [0.05, 0.1) is 5.39 Å². The van der Waals surface area contributed by atoms with E-state index in [0.29, 0.717) is 22.0 Å². The van der Waals surface area contributed by atoms with Crippen LogP contribution in [0.1, 0.15) is 5.69 Å². The molecule has 0 unspecified atom stereocenters. The van der Waals surface area contributed by atoms with Gasteiger partial charge in [-0.1, -0.05) is 18.2 Å².